The molecule has 2 atom stereocenters. The molecule has 0 aliphatic carbocycles. The number of aromatic nitrogens is 1. The Labute approximate surface area is 193 Å². The summed E-state index contributed by atoms with van der Waals surface area (Å²) in [5.41, 5.74) is 4.46. The molecule has 2 saturated heterocycles. The van der Waals surface area contributed by atoms with Gasteiger partial charge < -0.3 is 10.1 Å². The topological polar surface area (TPSA) is 75.7 Å². The van der Waals surface area contributed by atoms with Gasteiger partial charge in [0.15, 0.2) is 6.29 Å². The molecule has 0 saturated carbocycles. The third-order valence-electron chi connectivity index (χ3n) is 5.58. The van der Waals surface area contributed by atoms with E-state index in [9.17, 15) is 4.79 Å². The lowest BCUT2D eigenvalue weighted by molar-refractivity contribution is -0.198. The van der Waals surface area contributed by atoms with Gasteiger partial charge in [-0.2, -0.15) is 0 Å². The summed E-state index contributed by atoms with van der Waals surface area (Å²) in [5, 5.41) is 3.98. The van der Waals surface area contributed by atoms with Gasteiger partial charge in [-0.15, -0.1) is 0 Å². The average molecular weight is 457 g/mol. The van der Waals surface area contributed by atoms with Gasteiger partial charge in [0.1, 0.15) is 5.82 Å². The molecule has 3 heterocycles. The molecular weight excluding hydrogens is 428 g/mol. The van der Waals surface area contributed by atoms with E-state index in [-0.39, 0.29) is 12.2 Å². The SMILES string of the molecule is O=C(C=Cc1cnc(N[C@H]2CCN(Cc3ccccc3)C2)c(Cl)c1)NOC1CCCCO1. The number of amides is 1. The Balaban J connectivity index is 1.24. The number of nitrogens with zero attached hydrogens (tertiary/aromatic N) is 2. The maximum Gasteiger partial charge on any atom is 0.267 e. The number of likely N-dealkylation sites (tertiary alicyclic amines) is 1. The summed E-state index contributed by atoms with van der Waals surface area (Å²) >= 11 is 6.44. The van der Waals surface area contributed by atoms with Crippen molar-refractivity contribution in [1.29, 1.82) is 0 Å². The molecule has 2 fully saturated rings. The van der Waals surface area contributed by atoms with Crippen LogP contribution in [0.3, 0.4) is 0 Å². The molecule has 1 aromatic carbocycles. The largest absolute Gasteiger partial charge is 0.365 e. The van der Waals surface area contributed by atoms with Gasteiger partial charge in [-0.05, 0) is 42.5 Å². The van der Waals surface area contributed by atoms with Crippen molar-refractivity contribution in [3.05, 3.63) is 64.8 Å². The molecule has 1 aromatic heterocycles. The number of hydrogen-bond donors (Lipinski definition) is 2. The highest BCUT2D eigenvalue weighted by Crippen LogP contribution is 2.24. The fourth-order valence-electron chi connectivity index (χ4n) is 3.91. The number of hydroxylamine groups is 1. The first-order chi connectivity index (χ1) is 15.7. The van der Waals surface area contributed by atoms with Crippen molar-refractivity contribution in [2.24, 2.45) is 0 Å². The van der Waals surface area contributed by atoms with Crippen molar-refractivity contribution in [2.45, 2.75) is 44.6 Å². The van der Waals surface area contributed by atoms with Crippen LogP contribution in [0.1, 0.15) is 36.8 Å². The van der Waals surface area contributed by atoms with Gasteiger partial charge in [0.2, 0.25) is 0 Å². The van der Waals surface area contributed by atoms with Gasteiger partial charge in [-0.1, -0.05) is 41.9 Å². The molecule has 0 spiro atoms. The monoisotopic (exact) mass is 456 g/mol. The molecule has 170 valence electrons. The highest BCUT2D eigenvalue weighted by molar-refractivity contribution is 6.33. The van der Waals surface area contributed by atoms with E-state index >= 15 is 0 Å². The summed E-state index contributed by atoms with van der Waals surface area (Å²) < 4.78 is 5.41. The van der Waals surface area contributed by atoms with Crippen LogP contribution < -0.4 is 10.8 Å². The lowest BCUT2D eigenvalue weighted by atomic mass is 10.2. The van der Waals surface area contributed by atoms with Gasteiger partial charge in [0.05, 0.1) is 5.02 Å². The van der Waals surface area contributed by atoms with Gasteiger partial charge in [-0.3, -0.25) is 9.69 Å². The number of hydrogen-bond acceptors (Lipinski definition) is 6. The van der Waals surface area contributed by atoms with Crippen LogP contribution in [0.15, 0.2) is 48.7 Å². The summed E-state index contributed by atoms with van der Waals surface area (Å²) in [6.45, 7) is 3.59. The number of halogens is 1. The van der Waals surface area contributed by atoms with Crippen LogP contribution >= 0.6 is 11.6 Å². The number of nitrogens with one attached hydrogen (secondary N) is 2. The second-order valence-corrected chi connectivity index (χ2v) is 8.57. The molecule has 2 N–H and O–H groups in total. The third-order valence-corrected chi connectivity index (χ3v) is 5.87. The smallest absolute Gasteiger partial charge is 0.267 e. The molecule has 32 heavy (non-hydrogen) atoms. The molecule has 2 aliphatic rings. The molecule has 7 nitrogen and oxygen atoms in total. The predicted octanol–water partition coefficient (Wildman–Crippen LogP) is 4.01. The van der Waals surface area contributed by atoms with Crippen LogP contribution in [0, 0.1) is 0 Å². The number of carbonyl (C=O) groups is 1. The number of benzene rings is 1. The van der Waals surface area contributed by atoms with Crippen molar-refractivity contribution in [3.8, 4) is 0 Å². The number of anilines is 1. The number of ether oxygens (including phenoxy) is 1. The summed E-state index contributed by atoms with van der Waals surface area (Å²) in [4.78, 5) is 24.1. The van der Waals surface area contributed by atoms with E-state index in [1.54, 1.807) is 18.3 Å². The van der Waals surface area contributed by atoms with E-state index in [1.807, 2.05) is 6.07 Å². The lowest BCUT2D eigenvalue weighted by Gasteiger charge is -2.21. The zero-order valence-corrected chi connectivity index (χ0v) is 18.8. The van der Waals surface area contributed by atoms with Crippen LogP contribution in [0.25, 0.3) is 6.08 Å². The Morgan fingerprint density at radius 2 is 2.16 bits per heavy atom. The molecule has 2 aromatic rings. The van der Waals surface area contributed by atoms with Crippen molar-refractivity contribution in [3.63, 3.8) is 0 Å². The standard InChI is InChI=1S/C24H29ClN4O3/c25-21-14-19(9-10-22(30)28-32-23-8-4-5-13-31-23)15-26-24(21)27-20-11-12-29(17-20)16-18-6-2-1-3-7-18/h1-3,6-7,9-10,14-15,20,23H,4-5,8,11-13,16-17H2,(H,26,27)(H,28,30)/t20-,23?/m0/s1. The number of pyridine rings is 1. The molecule has 1 amide bonds. The Bertz CT molecular complexity index is 919. The van der Waals surface area contributed by atoms with Gasteiger partial charge in [0.25, 0.3) is 5.91 Å². The normalized spacial score (nSPS) is 21.7. The summed E-state index contributed by atoms with van der Waals surface area (Å²) in [6.07, 6.45) is 8.25. The zero-order chi connectivity index (χ0) is 22.2. The minimum Gasteiger partial charge on any atom is -0.365 e. The summed E-state index contributed by atoms with van der Waals surface area (Å²) in [7, 11) is 0. The first-order valence-electron chi connectivity index (χ1n) is 11.1. The van der Waals surface area contributed by atoms with Crippen molar-refractivity contribution >= 4 is 29.4 Å². The molecule has 0 bridgehead atoms. The first kappa shape index (κ1) is 22.7. The van der Waals surface area contributed by atoms with E-state index in [0.29, 0.717) is 23.5 Å². The van der Waals surface area contributed by atoms with Crippen molar-refractivity contribution < 1.29 is 14.4 Å². The first-order valence-corrected chi connectivity index (χ1v) is 11.5. The molecule has 8 heteroatoms. The maximum atomic E-state index is 12.0. The van der Waals surface area contributed by atoms with E-state index < -0.39 is 0 Å². The highest BCUT2D eigenvalue weighted by atomic mass is 35.5. The molecule has 1 unspecified atom stereocenters. The fraction of sp³-hybridized carbons (Fsp3) is 0.417. The van der Waals surface area contributed by atoms with E-state index in [1.165, 1.54) is 11.6 Å². The fourth-order valence-corrected chi connectivity index (χ4v) is 4.14. The lowest BCUT2D eigenvalue weighted by Crippen LogP contribution is -2.32. The predicted molar refractivity (Wildman–Crippen MR) is 125 cm³/mol. The Hall–Kier alpha value is -2.45. The van der Waals surface area contributed by atoms with Crippen LogP contribution in [-0.2, 0) is 20.9 Å². The van der Waals surface area contributed by atoms with Gasteiger partial charge in [-0.25, -0.2) is 15.3 Å². The van der Waals surface area contributed by atoms with Gasteiger partial charge >= 0.3 is 0 Å². The summed E-state index contributed by atoms with van der Waals surface area (Å²) in [5.74, 6) is 0.305. The zero-order valence-electron chi connectivity index (χ0n) is 18.0. The van der Waals surface area contributed by atoms with Gasteiger partial charge in [0, 0.05) is 51.0 Å². The van der Waals surface area contributed by atoms with Crippen LogP contribution in [-0.4, -0.2) is 47.8 Å². The van der Waals surface area contributed by atoms with Crippen LogP contribution in [0.2, 0.25) is 5.02 Å². The van der Waals surface area contributed by atoms with E-state index in [4.69, 9.17) is 21.2 Å². The van der Waals surface area contributed by atoms with Crippen molar-refractivity contribution in [2.75, 3.05) is 25.0 Å². The second-order valence-electron chi connectivity index (χ2n) is 8.16. The Kier molecular flexibility index (Phi) is 8.12. The Morgan fingerprint density at radius 3 is 2.94 bits per heavy atom. The molecular formula is C24H29ClN4O3. The van der Waals surface area contributed by atoms with E-state index in [2.05, 4.69) is 44.9 Å². The molecule has 4 rings (SSSR count). The minimum absolute atomic E-state index is 0.301. The van der Waals surface area contributed by atoms with Crippen LogP contribution in [0.5, 0.6) is 0 Å². The quantitative estimate of drug-likeness (QED) is 0.461. The number of rotatable bonds is 8. The van der Waals surface area contributed by atoms with E-state index in [0.717, 1.165) is 50.9 Å². The highest BCUT2D eigenvalue weighted by Gasteiger charge is 2.23. The molecule has 2 aliphatic heterocycles. The number of carbonyl (C=O) groups excluding carboxylic acids is 1. The third kappa shape index (κ3) is 6.77. The van der Waals surface area contributed by atoms with Crippen molar-refractivity contribution in [1.82, 2.24) is 15.4 Å². The summed E-state index contributed by atoms with van der Waals surface area (Å²) in [6, 6.07) is 12.6. The average Bonchev–Trinajstić information content (AvgIpc) is 3.26. The van der Waals surface area contributed by atoms with Crippen LogP contribution in [0.4, 0.5) is 5.82 Å². The maximum absolute atomic E-state index is 12.0. The second kappa shape index (κ2) is 11.4. The minimum atomic E-state index is -0.373. The Morgan fingerprint density at radius 1 is 1.28 bits per heavy atom. The molecule has 0 radical (unpaired) electrons.